The van der Waals surface area contributed by atoms with Crippen molar-refractivity contribution in [2.45, 2.75) is 68.2 Å². The van der Waals surface area contributed by atoms with Crippen LogP contribution in [0.25, 0.3) is 6.08 Å². The van der Waals surface area contributed by atoms with Gasteiger partial charge < -0.3 is 14.4 Å². The largest absolute Gasteiger partial charge is 0.422 e. The van der Waals surface area contributed by atoms with Gasteiger partial charge in [0.15, 0.2) is 5.75 Å². The quantitative estimate of drug-likeness (QED) is 0.0729. The van der Waals surface area contributed by atoms with Crippen LogP contribution in [0.4, 0.5) is 5.69 Å². The van der Waals surface area contributed by atoms with Gasteiger partial charge in [-0.05, 0) is 31.6 Å². The van der Waals surface area contributed by atoms with E-state index in [9.17, 15) is 39.3 Å². The van der Waals surface area contributed by atoms with Gasteiger partial charge in [-0.15, -0.1) is 0 Å². The Morgan fingerprint density at radius 1 is 0.925 bits per heavy atom. The number of carbonyl (C=O) groups is 5. The van der Waals surface area contributed by atoms with Crippen molar-refractivity contribution in [3.05, 3.63) is 33.4 Å². The standard InChI is InChI=1S/C28H35N3O9/c1-9-30(10-2)26(36)18(16-29)11-17-12-19(31(37)38)25(40-24(35)15-22(33)28(6,7)8)20(13-17)39-23(34)14-21(32)27(3,4)5/h11-13H,9-10,14-15H2,1-8H3/b18-11+. The number of esters is 2. The number of nitro benzene ring substituents is 1. The molecule has 0 aliphatic heterocycles. The fourth-order valence-corrected chi connectivity index (χ4v) is 3.10. The third kappa shape index (κ3) is 9.41. The van der Waals surface area contributed by atoms with Crippen molar-refractivity contribution in [1.82, 2.24) is 4.90 Å². The number of Topliss-reactive ketones (excluding diaryl/α,β-unsaturated/α-hetero) is 2. The number of ether oxygens (including phenoxy) is 2. The van der Waals surface area contributed by atoms with Gasteiger partial charge in [0.05, 0.1) is 4.92 Å². The predicted molar refractivity (Wildman–Crippen MR) is 144 cm³/mol. The molecule has 0 radical (unpaired) electrons. The van der Waals surface area contributed by atoms with Crippen molar-refractivity contribution in [3.63, 3.8) is 0 Å². The number of carbonyl (C=O) groups excluding carboxylic acids is 5. The first-order chi connectivity index (χ1) is 18.3. The fourth-order valence-electron chi connectivity index (χ4n) is 3.10. The number of nitro groups is 1. The molecule has 0 heterocycles. The molecule has 1 aromatic carbocycles. The van der Waals surface area contributed by atoms with Crippen LogP contribution in [0.3, 0.4) is 0 Å². The summed E-state index contributed by atoms with van der Waals surface area (Å²) in [5, 5.41) is 21.5. The van der Waals surface area contributed by atoms with Crippen LogP contribution >= 0.6 is 0 Å². The van der Waals surface area contributed by atoms with E-state index in [2.05, 4.69) is 0 Å². The maximum absolute atomic E-state index is 12.7. The lowest BCUT2D eigenvalue weighted by atomic mass is 9.89. The Kier molecular flexibility index (Phi) is 11.4. The third-order valence-corrected chi connectivity index (χ3v) is 5.69. The van der Waals surface area contributed by atoms with Gasteiger partial charge in [-0.3, -0.25) is 34.1 Å². The lowest BCUT2D eigenvalue weighted by molar-refractivity contribution is -0.385. The third-order valence-electron chi connectivity index (χ3n) is 5.69. The molecule has 1 amide bonds. The smallest absolute Gasteiger partial charge is 0.319 e. The summed E-state index contributed by atoms with van der Waals surface area (Å²) in [6.07, 6.45) is -0.327. The molecule has 0 aromatic heterocycles. The summed E-state index contributed by atoms with van der Waals surface area (Å²) in [6.45, 7) is 13.6. The SMILES string of the molecule is CCN(CC)C(=O)/C(C#N)=C/c1cc(OC(=O)CC(=O)C(C)(C)C)c(OC(=O)CC(=O)C(C)(C)C)c([N+](=O)[O-])c1. The molecule has 0 saturated carbocycles. The van der Waals surface area contributed by atoms with E-state index in [4.69, 9.17) is 9.47 Å². The summed E-state index contributed by atoms with van der Waals surface area (Å²) in [7, 11) is 0. The first kappa shape index (κ1) is 33.6. The molecule has 0 fully saturated rings. The highest BCUT2D eigenvalue weighted by Crippen LogP contribution is 2.40. The lowest BCUT2D eigenvalue weighted by Gasteiger charge is -2.18. The van der Waals surface area contributed by atoms with Crippen molar-refractivity contribution in [2.24, 2.45) is 10.8 Å². The van der Waals surface area contributed by atoms with E-state index in [0.717, 1.165) is 18.2 Å². The zero-order chi connectivity index (χ0) is 31.0. The number of likely N-dealkylation sites (N-methyl/N-ethyl adjacent to an activating group) is 1. The monoisotopic (exact) mass is 557 g/mol. The highest BCUT2D eigenvalue weighted by molar-refractivity contribution is 6.02. The summed E-state index contributed by atoms with van der Waals surface area (Å²) in [5.41, 5.74) is -3.04. The van der Waals surface area contributed by atoms with E-state index >= 15 is 0 Å². The zero-order valence-electron chi connectivity index (χ0n) is 24.1. The first-order valence-corrected chi connectivity index (χ1v) is 12.6. The minimum Gasteiger partial charge on any atom is -0.422 e. The molecule has 0 aliphatic rings. The number of hydrogen-bond donors (Lipinski definition) is 0. The van der Waals surface area contributed by atoms with Crippen LogP contribution in [0.1, 0.15) is 73.8 Å². The number of benzene rings is 1. The van der Waals surface area contributed by atoms with Crippen LogP contribution < -0.4 is 9.47 Å². The van der Waals surface area contributed by atoms with Crippen molar-refractivity contribution in [2.75, 3.05) is 13.1 Å². The van der Waals surface area contributed by atoms with Gasteiger partial charge in [-0.2, -0.15) is 5.26 Å². The molecule has 0 aliphatic carbocycles. The molecule has 40 heavy (non-hydrogen) atoms. The summed E-state index contributed by atoms with van der Waals surface area (Å²) < 4.78 is 10.4. The molecule has 1 rings (SSSR count). The van der Waals surface area contributed by atoms with E-state index in [-0.39, 0.29) is 11.1 Å². The molecule has 12 nitrogen and oxygen atoms in total. The van der Waals surface area contributed by atoms with Crippen LogP contribution in [0.5, 0.6) is 11.5 Å². The number of nitriles is 1. The minimum atomic E-state index is -1.14. The van der Waals surface area contributed by atoms with Crippen molar-refractivity contribution < 1.29 is 38.4 Å². The molecular formula is C28H35N3O9. The van der Waals surface area contributed by atoms with E-state index in [1.54, 1.807) is 61.5 Å². The highest BCUT2D eigenvalue weighted by Gasteiger charge is 2.31. The number of rotatable bonds is 11. The Balaban J connectivity index is 3.71. The Hall–Kier alpha value is -4.40. The summed E-state index contributed by atoms with van der Waals surface area (Å²) in [5.74, 6) is -5.19. The van der Waals surface area contributed by atoms with Crippen LogP contribution in [0, 0.1) is 32.3 Å². The molecule has 1 aromatic rings. The van der Waals surface area contributed by atoms with E-state index in [0.29, 0.717) is 13.1 Å². The second-order valence-electron chi connectivity index (χ2n) is 10.9. The average Bonchev–Trinajstić information content (AvgIpc) is 2.82. The molecule has 0 atom stereocenters. The van der Waals surface area contributed by atoms with Crippen LogP contribution in [-0.2, 0) is 24.0 Å². The van der Waals surface area contributed by atoms with Gasteiger partial charge >= 0.3 is 17.6 Å². The molecule has 0 unspecified atom stereocenters. The van der Waals surface area contributed by atoms with Crippen molar-refractivity contribution >= 4 is 41.2 Å². The number of amides is 1. The van der Waals surface area contributed by atoms with Gasteiger partial charge in [0, 0.05) is 30.0 Å². The number of ketones is 2. The Morgan fingerprint density at radius 2 is 1.40 bits per heavy atom. The normalized spacial score (nSPS) is 11.7. The Labute approximate surface area is 233 Å². The molecule has 0 saturated heterocycles. The van der Waals surface area contributed by atoms with Crippen LogP contribution in [-0.4, -0.2) is 52.3 Å². The van der Waals surface area contributed by atoms with Gasteiger partial charge in [0.1, 0.15) is 36.1 Å². The molecular weight excluding hydrogens is 522 g/mol. The summed E-state index contributed by atoms with van der Waals surface area (Å²) >= 11 is 0. The predicted octanol–water partition coefficient (Wildman–Crippen LogP) is 4.19. The Bertz CT molecular complexity index is 1270. The van der Waals surface area contributed by atoms with Crippen molar-refractivity contribution in [1.29, 1.82) is 5.26 Å². The molecule has 0 bridgehead atoms. The minimum absolute atomic E-state index is 0.0840. The number of hydrogen-bond acceptors (Lipinski definition) is 10. The maximum atomic E-state index is 12.7. The molecule has 216 valence electrons. The molecule has 0 spiro atoms. The van der Waals surface area contributed by atoms with E-state index in [1.807, 2.05) is 0 Å². The Morgan fingerprint density at radius 3 is 1.80 bits per heavy atom. The molecule has 12 heteroatoms. The highest BCUT2D eigenvalue weighted by atomic mass is 16.6. The second-order valence-corrected chi connectivity index (χ2v) is 10.9. The molecule has 0 N–H and O–H groups in total. The van der Waals surface area contributed by atoms with Gasteiger partial charge in [-0.1, -0.05) is 41.5 Å². The summed E-state index contributed by atoms with van der Waals surface area (Å²) in [4.78, 5) is 75.0. The van der Waals surface area contributed by atoms with Crippen LogP contribution in [0.2, 0.25) is 0 Å². The van der Waals surface area contributed by atoms with Gasteiger partial charge in [-0.25, -0.2) is 0 Å². The van der Waals surface area contributed by atoms with E-state index in [1.165, 1.54) is 4.90 Å². The average molecular weight is 558 g/mol. The van der Waals surface area contributed by atoms with Gasteiger partial charge in [0.2, 0.25) is 0 Å². The summed E-state index contributed by atoms with van der Waals surface area (Å²) in [6, 6.07) is 3.75. The fraction of sp³-hybridized carbons (Fsp3) is 0.500. The first-order valence-electron chi connectivity index (χ1n) is 12.6. The topological polar surface area (TPSA) is 174 Å². The van der Waals surface area contributed by atoms with E-state index < -0.39 is 75.2 Å². The zero-order valence-corrected chi connectivity index (χ0v) is 24.1. The second kappa shape index (κ2) is 13.6. The van der Waals surface area contributed by atoms with Crippen molar-refractivity contribution in [3.8, 4) is 17.6 Å². The van der Waals surface area contributed by atoms with Crippen LogP contribution in [0.15, 0.2) is 17.7 Å². The lowest BCUT2D eigenvalue weighted by Crippen LogP contribution is -2.31. The van der Waals surface area contributed by atoms with Gasteiger partial charge in [0.25, 0.3) is 11.7 Å². The maximum Gasteiger partial charge on any atom is 0.319 e. The number of nitrogens with zero attached hydrogens (tertiary/aromatic N) is 3.